The van der Waals surface area contributed by atoms with Crippen molar-refractivity contribution in [3.63, 3.8) is 0 Å². The summed E-state index contributed by atoms with van der Waals surface area (Å²) < 4.78 is 12.3. The number of phenolic OH excluding ortho intramolecular Hbond substituents is 1. The molecule has 1 aromatic rings. The van der Waals surface area contributed by atoms with Gasteiger partial charge in [-0.05, 0) is 45.6 Å². The van der Waals surface area contributed by atoms with Crippen molar-refractivity contribution in [2.75, 3.05) is 13.6 Å². The molecule has 1 N–H and O–H groups in total. The van der Waals surface area contributed by atoms with Crippen molar-refractivity contribution in [2.45, 2.75) is 26.8 Å². The molecule has 4 heteroatoms. The van der Waals surface area contributed by atoms with E-state index in [-0.39, 0.29) is 11.3 Å². The SMILES string of the molecule is CCN(C)C(C)C.O=Cc1cc(F)ccc1O. The number of aromatic hydroxyl groups is 1. The van der Waals surface area contributed by atoms with Crippen molar-refractivity contribution in [1.29, 1.82) is 0 Å². The lowest BCUT2D eigenvalue weighted by atomic mass is 10.2. The van der Waals surface area contributed by atoms with Gasteiger partial charge in [0.15, 0.2) is 6.29 Å². The highest BCUT2D eigenvalue weighted by Crippen LogP contribution is 2.14. The van der Waals surface area contributed by atoms with Gasteiger partial charge in [-0.2, -0.15) is 0 Å². The average Bonchev–Trinajstić information content (AvgIpc) is 2.31. The van der Waals surface area contributed by atoms with E-state index in [9.17, 15) is 9.18 Å². The van der Waals surface area contributed by atoms with E-state index in [1.165, 1.54) is 0 Å². The molecule has 0 saturated carbocycles. The fourth-order valence-corrected chi connectivity index (χ4v) is 0.985. The van der Waals surface area contributed by atoms with Crippen LogP contribution in [0.2, 0.25) is 0 Å². The van der Waals surface area contributed by atoms with Gasteiger partial charge in [-0.25, -0.2) is 4.39 Å². The van der Waals surface area contributed by atoms with Crippen molar-refractivity contribution in [3.8, 4) is 5.75 Å². The maximum atomic E-state index is 12.3. The Labute approximate surface area is 102 Å². The molecular weight excluding hydrogens is 221 g/mol. The Hall–Kier alpha value is -1.42. The summed E-state index contributed by atoms with van der Waals surface area (Å²) in [6, 6.07) is 3.90. The number of hydrogen-bond donors (Lipinski definition) is 1. The lowest BCUT2D eigenvalue weighted by Crippen LogP contribution is -2.25. The van der Waals surface area contributed by atoms with Crippen LogP contribution in [0, 0.1) is 5.82 Å². The number of hydrogen-bond acceptors (Lipinski definition) is 3. The van der Waals surface area contributed by atoms with Crippen molar-refractivity contribution >= 4 is 6.29 Å². The summed E-state index contributed by atoms with van der Waals surface area (Å²) in [5.74, 6) is -0.726. The molecule has 1 aromatic carbocycles. The van der Waals surface area contributed by atoms with E-state index in [1.807, 2.05) is 0 Å². The number of rotatable bonds is 3. The van der Waals surface area contributed by atoms with Gasteiger partial charge in [-0.3, -0.25) is 4.79 Å². The molecule has 0 aromatic heterocycles. The quantitative estimate of drug-likeness (QED) is 0.827. The molecule has 0 saturated heterocycles. The highest BCUT2D eigenvalue weighted by atomic mass is 19.1. The molecule has 1 rings (SSSR count). The normalized spacial score (nSPS) is 10.1. The maximum absolute atomic E-state index is 12.3. The summed E-state index contributed by atoms with van der Waals surface area (Å²) in [7, 11) is 2.13. The van der Waals surface area contributed by atoms with Crippen molar-refractivity contribution in [3.05, 3.63) is 29.6 Å². The van der Waals surface area contributed by atoms with Crippen LogP contribution in [0.15, 0.2) is 18.2 Å². The first-order valence-corrected chi connectivity index (χ1v) is 5.56. The van der Waals surface area contributed by atoms with E-state index < -0.39 is 5.82 Å². The topological polar surface area (TPSA) is 40.5 Å². The maximum Gasteiger partial charge on any atom is 0.153 e. The minimum absolute atomic E-state index is 0.0278. The molecule has 96 valence electrons. The third kappa shape index (κ3) is 6.02. The third-order valence-electron chi connectivity index (χ3n) is 2.50. The van der Waals surface area contributed by atoms with Gasteiger partial charge in [0.05, 0.1) is 5.56 Å². The highest BCUT2D eigenvalue weighted by molar-refractivity contribution is 5.78. The minimum Gasteiger partial charge on any atom is -0.507 e. The van der Waals surface area contributed by atoms with Gasteiger partial charge in [0, 0.05) is 6.04 Å². The molecule has 0 amide bonds. The van der Waals surface area contributed by atoms with E-state index in [1.54, 1.807) is 0 Å². The fourth-order valence-electron chi connectivity index (χ4n) is 0.985. The lowest BCUT2D eigenvalue weighted by Gasteiger charge is -2.17. The van der Waals surface area contributed by atoms with Gasteiger partial charge >= 0.3 is 0 Å². The van der Waals surface area contributed by atoms with Crippen molar-refractivity contribution in [2.24, 2.45) is 0 Å². The molecule has 0 radical (unpaired) electrons. The second kappa shape index (κ2) is 7.79. The van der Waals surface area contributed by atoms with Gasteiger partial charge < -0.3 is 10.0 Å². The Morgan fingerprint density at radius 1 is 1.47 bits per heavy atom. The van der Waals surface area contributed by atoms with Gasteiger partial charge in [-0.15, -0.1) is 0 Å². The monoisotopic (exact) mass is 241 g/mol. The molecule has 17 heavy (non-hydrogen) atoms. The predicted molar refractivity (Wildman–Crippen MR) is 66.9 cm³/mol. The van der Waals surface area contributed by atoms with Crippen LogP contribution in [0.3, 0.4) is 0 Å². The molecule has 0 unspecified atom stereocenters. The van der Waals surface area contributed by atoms with Crippen LogP contribution >= 0.6 is 0 Å². The van der Waals surface area contributed by atoms with Gasteiger partial charge in [0.25, 0.3) is 0 Å². The zero-order valence-corrected chi connectivity index (χ0v) is 10.8. The molecule has 0 heterocycles. The van der Waals surface area contributed by atoms with Crippen LogP contribution in [0.25, 0.3) is 0 Å². The predicted octanol–water partition coefficient (Wildman–Crippen LogP) is 2.69. The van der Waals surface area contributed by atoms with Crippen LogP contribution < -0.4 is 0 Å². The van der Waals surface area contributed by atoms with E-state index in [4.69, 9.17) is 5.11 Å². The Bertz CT molecular complexity index is 353. The Morgan fingerprint density at radius 2 is 2.06 bits per heavy atom. The van der Waals surface area contributed by atoms with Gasteiger partial charge in [0.2, 0.25) is 0 Å². The van der Waals surface area contributed by atoms with Crippen LogP contribution in [0.1, 0.15) is 31.1 Å². The molecular formula is C13H20FNO2. The summed E-state index contributed by atoms with van der Waals surface area (Å²) >= 11 is 0. The molecule has 0 spiro atoms. The lowest BCUT2D eigenvalue weighted by molar-refractivity contribution is 0.112. The largest absolute Gasteiger partial charge is 0.507 e. The van der Waals surface area contributed by atoms with Crippen LogP contribution in [0.4, 0.5) is 4.39 Å². The van der Waals surface area contributed by atoms with E-state index >= 15 is 0 Å². The zero-order valence-electron chi connectivity index (χ0n) is 10.8. The standard InChI is InChI=1S/C7H5FO2.C6H15N/c8-6-1-2-7(10)5(3-6)4-9;1-5-7(4)6(2)3/h1-4,10H;6H,5H2,1-4H3. The smallest absolute Gasteiger partial charge is 0.153 e. The Kier molecular flexibility index (Phi) is 7.14. The first-order chi connectivity index (χ1) is 7.92. The summed E-state index contributed by atoms with van der Waals surface area (Å²) in [5, 5.41) is 8.84. The number of aldehydes is 1. The molecule has 0 bridgehead atoms. The van der Waals surface area contributed by atoms with Crippen molar-refractivity contribution < 1.29 is 14.3 Å². The molecule has 0 atom stereocenters. The van der Waals surface area contributed by atoms with Gasteiger partial charge in [0.1, 0.15) is 11.6 Å². The summed E-state index contributed by atoms with van der Waals surface area (Å²) in [5.41, 5.74) is -0.0278. The number of nitrogens with zero attached hydrogens (tertiary/aromatic N) is 1. The Balaban J connectivity index is 0.000000325. The van der Waals surface area contributed by atoms with Gasteiger partial charge in [-0.1, -0.05) is 6.92 Å². The van der Waals surface area contributed by atoms with Crippen LogP contribution in [-0.4, -0.2) is 35.9 Å². The van der Waals surface area contributed by atoms with E-state index in [0.717, 1.165) is 24.7 Å². The van der Waals surface area contributed by atoms with E-state index in [0.29, 0.717) is 12.3 Å². The molecule has 0 aliphatic heterocycles. The molecule has 3 nitrogen and oxygen atoms in total. The number of phenols is 1. The Morgan fingerprint density at radius 3 is 2.35 bits per heavy atom. The summed E-state index contributed by atoms with van der Waals surface area (Å²) in [4.78, 5) is 12.3. The molecule has 0 fully saturated rings. The fraction of sp³-hybridized carbons (Fsp3) is 0.462. The van der Waals surface area contributed by atoms with E-state index in [2.05, 4.69) is 32.7 Å². The average molecular weight is 241 g/mol. The number of halogens is 1. The van der Waals surface area contributed by atoms with Crippen molar-refractivity contribution in [1.82, 2.24) is 4.90 Å². The molecule has 0 aliphatic rings. The zero-order chi connectivity index (χ0) is 13.4. The third-order valence-corrected chi connectivity index (χ3v) is 2.50. The second-order valence-corrected chi connectivity index (χ2v) is 3.99. The first-order valence-electron chi connectivity index (χ1n) is 5.56. The first kappa shape index (κ1) is 15.6. The van der Waals surface area contributed by atoms with Crippen LogP contribution in [0.5, 0.6) is 5.75 Å². The summed E-state index contributed by atoms with van der Waals surface area (Å²) in [6.07, 6.45) is 0.401. The second-order valence-electron chi connectivity index (χ2n) is 3.99. The number of carbonyl (C=O) groups is 1. The number of carbonyl (C=O) groups excluding carboxylic acids is 1. The molecule has 0 aliphatic carbocycles. The highest BCUT2D eigenvalue weighted by Gasteiger charge is 1.99. The number of benzene rings is 1. The minimum atomic E-state index is -0.528. The van der Waals surface area contributed by atoms with Crippen LogP contribution in [-0.2, 0) is 0 Å². The summed E-state index contributed by atoms with van der Waals surface area (Å²) in [6.45, 7) is 7.71.